The number of rotatable bonds is 25. The lowest BCUT2D eigenvalue weighted by Crippen LogP contribution is -2.11. The van der Waals surface area contributed by atoms with E-state index < -0.39 is 29.8 Å². The van der Waals surface area contributed by atoms with Crippen LogP contribution in [0.2, 0.25) is 0 Å². The van der Waals surface area contributed by atoms with Crippen molar-refractivity contribution in [3.8, 4) is 0 Å². The molecule has 5 N–H and O–H groups in total. The number of hydrogen-bond donors (Lipinski definition) is 5. The smallest absolute Gasteiger partial charge is 0.329 e. The molecule has 0 saturated heterocycles. The first-order valence-electron chi connectivity index (χ1n) is 17.3. The lowest BCUT2D eigenvalue weighted by Gasteiger charge is -2.05. The molecule has 0 heterocycles. The first-order valence-corrected chi connectivity index (χ1v) is 17.3. The number of ether oxygens (including phenoxy) is 5. The van der Waals surface area contributed by atoms with Crippen molar-refractivity contribution in [1.29, 1.82) is 0 Å². The summed E-state index contributed by atoms with van der Waals surface area (Å²) < 4.78 is 25.3. The molecule has 0 atom stereocenters. The van der Waals surface area contributed by atoms with Crippen LogP contribution < -0.4 is 0 Å². The molecular weight excluding hydrogens is 660 g/mol. The molecule has 300 valence electrons. The fraction of sp³-hybridized carbons (Fsp3) is 0.857. The van der Waals surface area contributed by atoms with Gasteiger partial charge >= 0.3 is 29.8 Å². The number of carbonyl (C=O) groups is 5. The van der Waals surface area contributed by atoms with Crippen molar-refractivity contribution in [2.24, 2.45) is 0 Å². The van der Waals surface area contributed by atoms with Crippen molar-refractivity contribution in [3.05, 3.63) is 0 Å². The van der Waals surface area contributed by atoms with Crippen LogP contribution in [-0.2, 0) is 47.7 Å². The average molecular weight is 731 g/mol. The summed E-state index contributed by atoms with van der Waals surface area (Å²) in [5, 5.41) is 41.0. The zero-order valence-corrected chi connectivity index (χ0v) is 32.3. The van der Waals surface area contributed by atoms with Gasteiger partial charge in [0.25, 0.3) is 0 Å². The summed E-state index contributed by atoms with van der Waals surface area (Å²) in [5.41, 5.74) is 0. The molecule has 50 heavy (non-hydrogen) atoms. The minimum Gasteiger partial charge on any atom is -0.481 e. The molecule has 0 rings (SSSR count). The SMILES string of the molecule is CC(C)OCC(=O)O.CC(C)OCCC(=O)O.CC(C)OCCCC(=O)O.CC(C)OCCCCC(=O)O.CC(C)OCCCCCC(=O)O. The molecule has 0 unspecified atom stereocenters. The molecule has 0 radical (unpaired) electrons. The van der Waals surface area contributed by atoms with Crippen molar-refractivity contribution < 1.29 is 73.2 Å². The van der Waals surface area contributed by atoms with E-state index in [9.17, 15) is 24.0 Å². The third-order valence-corrected chi connectivity index (χ3v) is 5.02. The Hall–Kier alpha value is -2.85. The second-order valence-electron chi connectivity index (χ2n) is 12.1. The highest BCUT2D eigenvalue weighted by Crippen LogP contribution is 2.01. The first-order chi connectivity index (χ1) is 23.1. The first kappa shape index (κ1) is 56.5. The van der Waals surface area contributed by atoms with Crippen LogP contribution in [0.1, 0.15) is 133 Å². The second kappa shape index (κ2) is 42.3. The van der Waals surface area contributed by atoms with Crippen molar-refractivity contribution >= 4 is 29.8 Å². The average Bonchev–Trinajstić information content (AvgIpc) is 2.96. The molecule has 0 saturated carbocycles. The quantitative estimate of drug-likeness (QED) is 0.0641. The number of unbranched alkanes of at least 4 members (excludes halogenated alkanes) is 3. The summed E-state index contributed by atoms with van der Waals surface area (Å²) in [6.07, 6.45) is 6.52. The molecule has 0 aliphatic heterocycles. The summed E-state index contributed by atoms with van der Waals surface area (Å²) >= 11 is 0. The number of hydrogen-bond acceptors (Lipinski definition) is 10. The van der Waals surface area contributed by atoms with Gasteiger partial charge in [-0.2, -0.15) is 0 Å². The van der Waals surface area contributed by atoms with E-state index in [1.807, 2.05) is 55.4 Å². The van der Waals surface area contributed by atoms with Gasteiger partial charge in [-0.1, -0.05) is 6.42 Å². The Balaban J connectivity index is -0.000000170. The van der Waals surface area contributed by atoms with Crippen LogP contribution in [0.5, 0.6) is 0 Å². The fourth-order valence-corrected chi connectivity index (χ4v) is 2.73. The molecule has 0 aliphatic rings. The van der Waals surface area contributed by atoms with E-state index in [2.05, 4.69) is 0 Å². The summed E-state index contributed by atoms with van der Waals surface area (Å²) in [7, 11) is 0. The zero-order chi connectivity index (χ0) is 39.9. The Bertz CT molecular complexity index is 797. The Morgan fingerprint density at radius 2 is 0.620 bits per heavy atom. The lowest BCUT2D eigenvalue weighted by atomic mass is 10.2. The predicted octanol–water partition coefficient (Wildman–Crippen LogP) is 6.38. The van der Waals surface area contributed by atoms with E-state index >= 15 is 0 Å². The predicted molar refractivity (Wildman–Crippen MR) is 190 cm³/mol. The van der Waals surface area contributed by atoms with Crippen molar-refractivity contribution in [3.63, 3.8) is 0 Å². The molecule has 0 amide bonds. The standard InChI is InChI=1S/C9H18O3.C8H16O3.C7H14O3.C6H12O3.C5H10O3/c1-8(2)12-7-5-3-4-6-9(10)11;1-7(2)11-6-4-3-5-8(9)10;1-6(2)10-5-3-4-7(8)9;1-5(2)9-4-3-6(7)8;1-4(2)8-3-5(6)7/h8H,3-7H2,1-2H3,(H,10,11);7H,3-6H2,1-2H3,(H,9,10);6H,3-5H2,1-2H3,(H,8,9);5H,3-4H2,1-2H3,(H,7,8);4H,3H2,1-2H3,(H,6,7). The molecular formula is C35H70O15. The minimum atomic E-state index is -0.918. The minimum absolute atomic E-state index is 0.00565. The fourth-order valence-electron chi connectivity index (χ4n) is 2.73. The van der Waals surface area contributed by atoms with Gasteiger partial charge < -0.3 is 49.2 Å². The molecule has 0 bridgehead atoms. The van der Waals surface area contributed by atoms with Crippen LogP contribution >= 0.6 is 0 Å². The summed E-state index contributed by atoms with van der Waals surface area (Å²) in [6, 6.07) is 0. The van der Waals surface area contributed by atoms with Gasteiger partial charge in [-0.25, -0.2) is 4.79 Å². The van der Waals surface area contributed by atoms with Crippen LogP contribution in [-0.4, -0.2) is 119 Å². The maximum Gasteiger partial charge on any atom is 0.329 e. The van der Waals surface area contributed by atoms with Crippen LogP contribution in [0.4, 0.5) is 0 Å². The maximum atomic E-state index is 10.1. The van der Waals surface area contributed by atoms with Gasteiger partial charge in [-0.15, -0.1) is 0 Å². The highest BCUT2D eigenvalue weighted by Gasteiger charge is 2.00. The van der Waals surface area contributed by atoms with Crippen molar-refractivity contribution in [2.45, 2.75) is 164 Å². The molecule has 15 heteroatoms. The zero-order valence-electron chi connectivity index (χ0n) is 32.3. The van der Waals surface area contributed by atoms with Crippen LogP contribution in [0.25, 0.3) is 0 Å². The van der Waals surface area contributed by atoms with Crippen LogP contribution in [0, 0.1) is 0 Å². The van der Waals surface area contributed by atoms with Crippen LogP contribution in [0.3, 0.4) is 0 Å². The topological polar surface area (TPSA) is 233 Å². The number of carboxylic acids is 5. The highest BCUT2D eigenvalue weighted by atomic mass is 16.5. The van der Waals surface area contributed by atoms with Gasteiger partial charge in [0.1, 0.15) is 6.61 Å². The van der Waals surface area contributed by atoms with E-state index in [-0.39, 0.29) is 62.8 Å². The third-order valence-electron chi connectivity index (χ3n) is 5.02. The van der Waals surface area contributed by atoms with Gasteiger partial charge in [0.05, 0.1) is 43.5 Å². The summed E-state index contributed by atoms with van der Waals surface area (Å²) in [5.74, 6) is -3.92. The molecule has 0 spiro atoms. The van der Waals surface area contributed by atoms with E-state index in [1.54, 1.807) is 13.8 Å². The Morgan fingerprint density at radius 3 is 0.920 bits per heavy atom. The van der Waals surface area contributed by atoms with E-state index in [0.29, 0.717) is 32.7 Å². The van der Waals surface area contributed by atoms with Gasteiger partial charge in [0, 0.05) is 39.1 Å². The van der Waals surface area contributed by atoms with E-state index in [1.165, 1.54) is 0 Å². The third kappa shape index (κ3) is 85.1. The Kier molecular flexibility index (Phi) is 47.8. The van der Waals surface area contributed by atoms with Crippen LogP contribution in [0.15, 0.2) is 0 Å². The Morgan fingerprint density at radius 1 is 0.340 bits per heavy atom. The van der Waals surface area contributed by atoms with Gasteiger partial charge in [-0.3, -0.25) is 19.2 Å². The van der Waals surface area contributed by atoms with Gasteiger partial charge in [0.2, 0.25) is 0 Å². The van der Waals surface area contributed by atoms with Gasteiger partial charge in [0.15, 0.2) is 0 Å². The molecule has 0 aromatic heterocycles. The van der Waals surface area contributed by atoms with E-state index in [0.717, 1.165) is 32.3 Å². The molecule has 15 nitrogen and oxygen atoms in total. The van der Waals surface area contributed by atoms with Crippen molar-refractivity contribution in [1.82, 2.24) is 0 Å². The molecule has 0 aromatic rings. The van der Waals surface area contributed by atoms with E-state index in [4.69, 9.17) is 49.2 Å². The molecule has 0 aliphatic carbocycles. The molecule has 0 aromatic carbocycles. The molecule has 0 fully saturated rings. The van der Waals surface area contributed by atoms with Gasteiger partial charge in [-0.05, 0) is 101 Å². The highest BCUT2D eigenvalue weighted by molar-refractivity contribution is 5.68. The van der Waals surface area contributed by atoms with Crippen molar-refractivity contribution in [2.75, 3.05) is 33.0 Å². The summed E-state index contributed by atoms with van der Waals surface area (Å²) in [4.78, 5) is 49.8. The monoisotopic (exact) mass is 730 g/mol. The second-order valence-corrected chi connectivity index (χ2v) is 12.1. The largest absolute Gasteiger partial charge is 0.481 e. The maximum absolute atomic E-state index is 10.1. The number of aliphatic carboxylic acids is 5. The normalized spacial score (nSPS) is 10.3. The summed E-state index contributed by atoms with van der Waals surface area (Å²) in [6.45, 7) is 21.2. The Labute approximate surface area is 300 Å². The number of carboxylic acid groups (broad SMARTS) is 5. The lowest BCUT2D eigenvalue weighted by molar-refractivity contribution is -0.144.